The average molecular weight is 395 g/mol. The summed E-state index contributed by atoms with van der Waals surface area (Å²) in [6.45, 7) is 3.35. The minimum Gasteiger partial charge on any atom is -0.309 e. The van der Waals surface area contributed by atoms with Crippen LogP contribution in [0.5, 0.6) is 0 Å². The van der Waals surface area contributed by atoms with Gasteiger partial charge in [-0.3, -0.25) is 0 Å². The first-order valence-electron chi connectivity index (χ1n) is 6.84. The van der Waals surface area contributed by atoms with Gasteiger partial charge < -0.3 is 5.32 Å². The van der Waals surface area contributed by atoms with E-state index >= 15 is 0 Å². The van der Waals surface area contributed by atoms with Gasteiger partial charge in [-0.15, -0.1) is 11.3 Å². The van der Waals surface area contributed by atoms with E-state index in [1.165, 1.54) is 51.7 Å². The molecule has 0 amide bonds. The summed E-state index contributed by atoms with van der Waals surface area (Å²) in [6, 6.07) is 2.85. The van der Waals surface area contributed by atoms with Crippen molar-refractivity contribution in [3.8, 4) is 0 Å². The summed E-state index contributed by atoms with van der Waals surface area (Å²) >= 11 is 8.91. The second-order valence-electron chi connectivity index (χ2n) is 5.26. The van der Waals surface area contributed by atoms with E-state index in [1.54, 1.807) is 0 Å². The van der Waals surface area contributed by atoms with Gasteiger partial charge in [0, 0.05) is 21.9 Å². The molecule has 18 heavy (non-hydrogen) atoms. The molecule has 0 bridgehead atoms. The Morgan fingerprint density at radius 2 is 1.94 bits per heavy atom. The summed E-state index contributed by atoms with van der Waals surface area (Å²) in [5.74, 6) is 0.874. The van der Waals surface area contributed by atoms with E-state index in [4.69, 9.17) is 0 Å². The van der Waals surface area contributed by atoms with Crippen molar-refractivity contribution in [1.82, 2.24) is 5.32 Å². The lowest BCUT2D eigenvalue weighted by Gasteiger charge is -2.23. The predicted octanol–water partition coefficient (Wildman–Crippen LogP) is 5.72. The highest BCUT2D eigenvalue weighted by Crippen LogP contribution is 2.32. The molecule has 1 heterocycles. The van der Waals surface area contributed by atoms with E-state index in [0.29, 0.717) is 6.04 Å². The Bertz CT molecular complexity index is 350. The molecule has 1 aromatic rings. The molecule has 1 nitrogen and oxygen atoms in total. The molecule has 4 heteroatoms. The van der Waals surface area contributed by atoms with Crippen LogP contribution in [-0.4, -0.2) is 6.04 Å². The topological polar surface area (TPSA) is 12.0 Å². The molecule has 1 aliphatic carbocycles. The quantitative estimate of drug-likeness (QED) is 0.643. The highest BCUT2D eigenvalue weighted by Gasteiger charge is 2.18. The molecule has 1 N–H and O–H groups in total. The number of nitrogens with one attached hydrogen (secondary N) is 1. The molecule has 102 valence electrons. The van der Waals surface area contributed by atoms with E-state index in [1.807, 2.05) is 11.3 Å². The molecule has 0 saturated heterocycles. The van der Waals surface area contributed by atoms with E-state index in [0.717, 1.165) is 12.5 Å². The normalized spacial score (nSPS) is 19.7. The first-order chi connectivity index (χ1) is 8.66. The summed E-state index contributed by atoms with van der Waals surface area (Å²) in [6.07, 6.45) is 8.54. The molecule has 1 aliphatic rings. The van der Waals surface area contributed by atoms with Crippen LogP contribution < -0.4 is 5.32 Å². The van der Waals surface area contributed by atoms with Gasteiger partial charge in [0.25, 0.3) is 0 Å². The number of hydrogen-bond donors (Lipinski definition) is 1. The van der Waals surface area contributed by atoms with E-state index in [9.17, 15) is 0 Å². The molecule has 0 spiro atoms. The number of hydrogen-bond acceptors (Lipinski definition) is 2. The summed E-state index contributed by atoms with van der Waals surface area (Å²) in [5, 5.41) is 3.71. The first-order valence-corrected chi connectivity index (χ1v) is 9.24. The fourth-order valence-electron chi connectivity index (χ4n) is 2.72. The van der Waals surface area contributed by atoms with Crippen LogP contribution in [-0.2, 0) is 6.54 Å². The van der Waals surface area contributed by atoms with Crippen LogP contribution in [0.25, 0.3) is 0 Å². The zero-order valence-corrected chi connectivity index (χ0v) is 14.8. The molecule has 0 unspecified atom stereocenters. The Labute approximate surface area is 131 Å². The van der Waals surface area contributed by atoms with E-state index in [-0.39, 0.29) is 0 Å². The maximum Gasteiger partial charge on any atom is 0.0843 e. The van der Waals surface area contributed by atoms with Crippen molar-refractivity contribution in [2.24, 2.45) is 5.92 Å². The number of thiophene rings is 1. The van der Waals surface area contributed by atoms with E-state index < -0.39 is 0 Å². The molecule has 1 saturated carbocycles. The van der Waals surface area contributed by atoms with Gasteiger partial charge in [0.2, 0.25) is 0 Å². The van der Waals surface area contributed by atoms with Crippen LogP contribution in [0.2, 0.25) is 0 Å². The largest absolute Gasteiger partial charge is 0.309 e. The number of rotatable bonds is 4. The molecule has 1 aromatic heterocycles. The molecular formula is C14H21Br2NS. The maximum absolute atomic E-state index is 3.71. The van der Waals surface area contributed by atoms with Crippen molar-refractivity contribution in [2.45, 2.75) is 58.0 Å². The summed E-state index contributed by atoms with van der Waals surface area (Å²) < 4.78 is 2.37. The van der Waals surface area contributed by atoms with Gasteiger partial charge in [-0.2, -0.15) is 0 Å². The average Bonchev–Trinajstić information content (AvgIpc) is 2.60. The van der Waals surface area contributed by atoms with Gasteiger partial charge in [0.05, 0.1) is 3.79 Å². The molecule has 0 aromatic carbocycles. The minimum absolute atomic E-state index is 0.641. The van der Waals surface area contributed by atoms with Gasteiger partial charge in [-0.05, 0) is 63.6 Å². The van der Waals surface area contributed by atoms with Gasteiger partial charge in [0.15, 0.2) is 0 Å². The van der Waals surface area contributed by atoms with Crippen molar-refractivity contribution in [3.05, 3.63) is 19.2 Å². The van der Waals surface area contributed by atoms with Crippen molar-refractivity contribution < 1.29 is 0 Å². The Kier molecular flexibility index (Phi) is 6.19. The summed E-state index contributed by atoms with van der Waals surface area (Å²) in [7, 11) is 0. The lowest BCUT2D eigenvalue weighted by atomic mass is 9.93. The molecule has 0 aliphatic heterocycles. The Balaban J connectivity index is 1.81. The highest BCUT2D eigenvalue weighted by molar-refractivity contribution is 9.13. The standard InChI is InChI=1S/C14H21Br2NS/c1-10(11-6-4-2-3-5-7-11)17-9-12-8-13(15)14(16)18-12/h8,10-11,17H,2-7,9H2,1H3/t10-/m1/s1. The fraction of sp³-hybridized carbons (Fsp3) is 0.714. The lowest BCUT2D eigenvalue weighted by molar-refractivity contribution is 0.337. The molecule has 2 rings (SSSR count). The zero-order chi connectivity index (χ0) is 13.0. The third-order valence-electron chi connectivity index (χ3n) is 3.90. The Hall–Kier alpha value is 0.620. The van der Waals surface area contributed by atoms with Crippen LogP contribution in [0.15, 0.2) is 14.3 Å². The van der Waals surface area contributed by atoms with Gasteiger partial charge in [-0.25, -0.2) is 0 Å². The van der Waals surface area contributed by atoms with Crippen LogP contribution in [0.3, 0.4) is 0 Å². The van der Waals surface area contributed by atoms with Crippen LogP contribution >= 0.6 is 43.2 Å². The molecule has 1 fully saturated rings. The number of halogens is 2. The predicted molar refractivity (Wildman–Crippen MR) is 87.2 cm³/mol. The summed E-state index contributed by atoms with van der Waals surface area (Å²) in [4.78, 5) is 1.40. The second-order valence-corrected chi connectivity index (χ2v) is 8.56. The third kappa shape index (κ3) is 4.32. The Morgan fingerprint density at radius 3 is 2.50 bits per heavy atom. The van der Waals surface area contributed by atoms with Crippen molar-refractivity contribution in [2.75, 3.05) is 0 Å². The smallest absolute Gasteiger partial charge is 0.0843 e. The van der Waals surface area contributed by atoms with Crippen LogP contribution in [0.1, 0.15) is 50.3 Å². The SMILES string of the molecule is C[C@@H](NCc1cc(Br)c(Br)s1)C1CCCCCC1. The molecule has 1 atom stereocenters. The Morgan fingerprint density at radius 1 is 1.28 bits per heavy atom. The van der Waals surface area contributed by atoms with Crippen LogP contribution in [0.4, 0.5) is 0 Å². The zero-order valence-electron chi connectivity index (χ0n) is 10.8. The molecular weight excluding hydrogens is 374 g/mol. The van der Waals surface area contributed by atoms with Gasteiger partial charge >= 0.3 is 0 Å². The summed E-state index contributed by atoms with van der Waals surface area (Å²) in [5.41, 5.74) is 0. The van der Waals surface area contributed by atoms with Crippen molar-refractivity contribution in [3.63, 3.8) is 0 Å². The third-order valence-corrected chi connectivity index (χ3v) is 7.16. The fourth-order valence-corrected chi connectivity index (χ4v) is 4.85. The van der Waals surface area contributed by atoms with Gasteiger partial charge in [0.1, 0.15) is 0 Å². The second kappa shape index (κ2) is 7.41. The first kappa shape index (κ1) is 15.0. The highest BCUT2D eigenvalue weighted by atomic mass is 79.9. The van der Waals surface area contributed by atoms with E-state index in [2.05, 4.69) is 50.2 Å². The van der Waals surface area contributed by atoms with Gasteiger partial charge in [-0.1, -0.05) is 25.7 Å². The lowest BCUT2D eigenvalue weighted by Crippen LogP contribution is -2.32. The molecule has 0 radical (unpaired) electrons. The minimum atomic E-state index is 0.641. The monoisotopic (exact) mass is 393 g/mol. The maximum atomic E-state index is 3.71. The van der Waals surface area contributed by atoms with Crippen molar-refractivity contribution >= 4 is 43.2 Å². The van der Waals surface area contributed by atoms with Crippen molar-refractivity contribution in [1.29, 1.82) is 0 Å². The van der Waals surface area contributed by atoms with Crippen LogP contribution in [0, 0.1) is 5.92 Å².